The van der Waals surface area contributed by atoms with Crippen LogP contribution in [0.1, 0.15) is 31.0 Å². The number of hydrogen-bond acceptors (Lipinski definition) is 7. The van der Waals surface area contributed by atoms with Crippen LogP contribution >= 0.6 is 11.3 Å². The second kappa shape index (κ2) is 9.46. The number of esters is 1. The molecule has 1 atom stereocenters. The Hall–Kier alpha value is -3.65. The van der Waals surface area contributed by atoms with Gasteiger partial charge in [0, 0.05) is 5.56 Å². The van der Waals surface area contributed by atoms with E-state index in [1.807, 2.05) is 36.4 Å². The van der Waals surface area contributed by atoms with Gasteiger partial charge in [-0.25, -0.2) is 9.79 Å². The average molecular weight is 465 g/mol. The van der Waals surface area contributed by atoms with Crippen molar-refractivity contribution in [2.24, 2.45) is 4.99 Å². The Balaban J connectivity index is 1.95. The molecule has 0 N–H and O–H groups in total. The van der Waals surface area contributed by atoms with Crippen LogP contribution in [0, 0.1) is 0 Å². The van der Waals surface area contributed by atoms with Crippen molar-refractivity contribution < 1.29 is 19.0 Å². The molecule has 0 fully saturated rings. The molecule has 0 aliphatic carbocycles. The first kappa shape index (κ1) is 22.5. The van der Waals surface area contributed by atoms with Gasteiger partial charge in [-0.3, -0.25) is 9.36 Å². The Morgan fingerprint density at radius 1 is 1.12 bits per heavy atom. The van der Waals surface area contributed by atoms with Crippen LogP contribution in [0.2, 0.25) is 0 Å². The molecule has 7 nitrogen and oxygen atoms in total. The van der Waals surface area contributed by atoms with E-state index in [1.165, 1.54) is 11.3 Å². The number of carbonyl (C=O) groups excluding carboxylic acids is 1. The number of hydrogen-bond donors (Lipinski definition) is 0. The molecule has 0 bridgehead atoms. The number of fused-ring (bicyclic) bond motifs is 1. The van der Waals surface area contributed by atoms with Crippen LogP contribution in [0.4, 0.5) is 0 Å². The molecule has 4 rings (SSSR count). The monoisotopic (exact) mass is 464 g/mol. The zero-order chi connectivity index (χ0) is 23.5. The maximum atomic E-state index is 13.6. The molecule has 2 heterocycles. The molecule has 0 saturated carbocycles. The highest BCUT2D eigenvalue weighted by Crippen LogP contribution is 2.31. The number of para-hydroxylation sites is 1. The van der Waals surface area contributed by atoms with Gasteiger partial charge in [0.2, 0.25) is 0 Å². The lowest BCUT2D eigenvalue weighted by molar-refractivity contribution is -0.139. The summed E-state index contributed by atoms with van der Waals surface area (Å²) in [5.41, 5.74) is 2.18. The van der Waals surface area contributed by atoms with Crippen molar-refractivity contribution in [3.8, 4) is 11.5 Å². The fourth-order valence-corrected chi connectivity index (χ4v) is 4.86. The molecule has 0 radical (unpaired) electrons. The topological polar surface area (TPSA) is 79.1 Å². The molecule has 8 heteroatoms. The van der Waals surface area contributed by atoms with E-state index in [-0.39, 0.29) is 12.2 Å². The van der Waals surface area contributed by atoms with Gasteiger partial charge in [-0.2, -0.15) is 0 Å². The maximum Gasteiger partial charge on any atom is 0.338 e. The van der Waals surface area contributed by atoms with E-state index in [0.29, 0.717) is 32.1 Å². The minimum Gasteiger partial charge on any atom is -0.497 e. The van der Waals surface area contributed by atoms with Gasteiger partial charge in [0.1, 0.15) is 11.5 Å². The first-order valence-electron chi connectivity index (χ1n) is 10.4. The van der Waals surface area contributed by atoms with Crippen LogP contribution in [-0.2, 0) is 9.53 Å². The van der Waals surface area contributed by atoms with Gasteiger partial charge >= 0.3 is 5.97 Å². The van der Waals surface area contributed by atoms with Crippen LogP contribution in [0.25, 0.3) is 6.08 Å². The lowest BCUT2D eigenvalue weighted by atomic mass is 9.96. The van der Waals surface area contributed by atoms with Gasteiger partial charge < -0.3 is 14.2 Å². The van der Waals surface area contributed by atoms with Crippen LogP contribution in [0.15, 0.2) is 69.6 Å². The second-order valence-electron chi connectivity index (χ2n) is 7.32. The molecule has 1 unspecified atom stereocenters. The number of benzene rings is 2. The number of methoxy groups -OCH3 is 2. The van der Waals surface area contributed by atoms with E-state index in [0.717, 1.165) is 11.1 Å². The third-order valence-electron chi connectivity index (χ3n) is 5.37. The van der Waals surface area contributed by atoms with Crippen molar-refractivity contribution in [3.05, 3.63) is 90.6 Å². The van der Waals surface area contributed by atoms with Crippen molar-refractivity contribution in [3.63, 3.8) is 0 Å². The van der Waals surface area contributed by atoms with E-state index < -0.39 is 12.0 Å². The van der Waals surface area contributed by atoms with Gasteiger partial charge in [-0.05, 0) is 43.7 Å². The van der Waals surface area contributed by atoms with E-state index in [4.69, 9.17) is 14.2 Å². The zero-order valence-electron chi connectivity index (χ0n) is 18.8. The van der Waals surface area contributed by atoms with Gasteiger partial charge in [0.05, 0.1) is 42.7 Å². The van der Waals surface area contributed by atoms with Crippen LogP contribution in [-0.4, -0.2) is 31.4 Å². The largest absolute Gasteiger partial charge is 0.497 e. The summed E-state index contributed by atoms with van der Waals surface area (Å²) < 4.78 is 18.1. The summed E-state index contributed by atoms with van der Waals surface area (Å²) in [5.74, 6) is 0.859. The quantitative estimate of drug-likeness (QED) is 0.524. The summed E-state index contributed by atoms with van der Waals surface area (Å²) in [5, 5.41) is 0. The molecule has 2 aromatic carbocycles. The first-order chi connectivity index (χ1) is 16.0. The Morgan fingerprint density at radius 2 is 1.85 bits per heavy atom. The number of nitrogens with zero attached hydrogens (tertiary/aromatic N) is 2. The fourth-order valence-electron chi connectivity index (χ4n) is 3.82. The Labute approximate surface area is 194 Å². The molecule has 0 spiro atoms. The van der Waals surface area contributed by atoms with Crippen molar-refractivity contribution in [2.45, 2.75) is 19.9 Å². The molecular formula is C25H24N2O5S. The van der Waals surface area contributed by atoms with Gasteiger partial charge in [0.15, 0.2) is 4.80 Å². The highest BCUT2D eigenvalue weighted by atomic mass is 32.1. The summed E-state index contributed by atoms with van der Waals surface area (Å²) in [4.78, 5) is 31.6. The van der Waals surface area contributed by atoms with E-state index in [9.17, 15) is 9.59 Å². The summed E-state index contributed by atoms with van der Waals surface area (Å²) in [6.07, 6.45) is 1.79. The molecule has 0 saturated heterocycles. The number of thiazole rings is 1. The number of rotatable bonds is 6. The highest BCUT2D eigenvalue weighted by molar-refractivity contribution is 7.07. The molecule has 3 aromatic rings. The third-order valence-corrected chi connectivity index (χ3v) is 6.36. The maximum absolute atomic E-state index is 13.6. The van der Waals surface area contributed by atoms with Crippen molar-refractivity contribution in [1.82, 2.24) is 4.57 Å². The minimum absolute atomic E-state index is 0.225. The van der Waals surface area contributed by atoms with Crippen molar-refractivity contribution >= 4 is 23.4 Å². The van der Waals surface area contributed by atoms with Gasteiger partial charge in [-0.15, -0.1) is 0 Å². The van der Waals surface area contributed by atoms with E-state index in [1.54, 1.807) is 50.8 Å². The SMILES string of the molecule is CCOC(=O)C1=C(C)N=c2sc(=Cc3ccccc3OC)c(=O)n2C1c1ccc(OC)cc1. The zero-order valence-corrected chi connectivity index (χ0v) is 19.6. The standard InChI is InChI=1S/C25H24N2O5S/c1-5-32-24(29)21-15(2)26-25-27(22(21)16-10-12-18(30-3)13-11-16)23(28)20(33-25)14-17-8-6-7-9-19(17)31-4/h6-14,22H,5H2,1-4H3. The Morgan fingerprint density at radius 3 is 2.52 bits per heavy atom. The number of ether oxygens (including phenoxy) is 3. The van der Waals surface area contributed by atoms with Crippen molar-refractivity contribution in [1.29, 1.82) is 0 Å². The summed E-state index contributed by atoms with van der Waals surface area (Å²) >= 11 is 1.27. The van der Waals surface area contributed by atoms with Crippen molar-refractivity contribution in [2.75, 3.05) is 20.8 Å². The first-order valence-corrected chi connectivity index (χ1v) is 11.3. The number of carbonyl (C=O) groups is 1. The van der Waals surface area contributed by atoms with Crippen LogP contribution in [0.5, 0.6) is 11.5 Å². The lowest BCUT2D eigenvalue weighted by Gasteiger charge is -2.24. The van der Waals surface area contributed by atoms with Crippen LogP contribution in [0.3, 0.4) is 0 Å². The van der Waals surface area contributed by atoms with Gasteiger partial charge in [0.25, 0.3) is 5.56 Å². The molecule has 33 heavy (non-hydrogen) atoms. The van der Waals surface area contributed by atoms with E-state index >= 15 is 0 Å². The predicted octanol–water partition coefficient (Wildman–Crippen LogP) is 2.82. The predicted molar refractivity (Wildman–Crippen MR) is 126 cm³/mol. The average Bonchev–Trinajstić information content (AvgIpc) is 3.13. The number of aromatic nitrogens is 1. The summed E-state index contributed by atoms with van der Waals surface area (Å²) in [6.45, 7) is 3.74. The summed E-state index contributed by atoms with van der Waals surface area (Å²) in [6, 6.07) is 14.1. The second-order valence-corrected chi connectivity index (χ2v) is 8.33. The van der Waals surface area contributed by atoms with Gasteiger partial charge in [-0.1, -0.05) is 41.7 Å². The smallest absolute Gasteiger partial charge is 0.338 e. The molecule has 170 valence electrons. The number of allylic oxidation sites excluding steroid dienone is 1. The normalized spacial score (nSPS) is 15.6. The van der Waals surface area contributed by atoms with E-state index in [2.05, 4.69) is 4.99 Å². The molecule has 1 aliphatic rings. The molecular weight excluding hydrogens is 440 g/mol. The molecule has 0 amide bonds. The third kappa shape index (κ3) is 4.21. The summed E-state index contributed by atoms with van der Waals surface area (Å²) in [7, 11) is 3.18. The van der Waals surface area contributed by atoms with Crippen LogP contribution < -0.4 is 24.4 Å². The lowest BCUT2D eigenvalue weighted by Crippen LogP contribution is -2.39. The Kier molecular flexibility index (Phi) is 6.46. The molecule has 1 aromatic heterocycles. The fraction of sp³-hybridized carbons (Fsp3) is 0.240. The minimum atomic E-state index is -0.661. The molecule has 1 aliphatic heterocycles. The highest BCUT2D eigenvalue weighted by Gasteiger charge is 2.33. The Bertz CT molecular complexity index is 1400.